The van der Waals surface area contributed by atoms with Crippen molar-refractivity contribution in [2.45, 2.75) is 44.7 Å². The van der Waals surface area contributed by atoms with Crippen molar-refractivity contribution < 1.29 is 14.3 Å². The molecule has 6 nitrogen and oxygen atoms in total. The standard InChI is InChI=1S/C23H31N3O3/c1-16(27)25-15-19-10-9-18(26(19)2)14-23(28)24-13-12-21-20-7-5-4-6-17(20)8-11-22(21)29-3/h4-8,11,18-19H,9-10,12-15H2,1-3H3,(H,24,28)(H,25,27)/t18-,19+/m0/s1. The highest BCUT2D eigenvalue weighted by atomic mass is 16.5. The number of carbonyl (C=O) groups is 2. The normalized spacial score (nSPS) is 19.3. The summed E-state index contributed by atoms with van der Waals surface area (Å²) in [6.45, 7) is 2.75. The Morgan fingerprint density at radius 1 is 1.10 bits per heavy atom. The number of likely N-dealkylation sites (tertiary alicyclic amines) is 1. The molecule has 1 fully saturated rings. The minimum Gasteiger partial charge on any atom is -0.496 e. The third-order valence-electron chi connectivity index (χ3n) is 5.91. The maximum absolute atomic E-state index is 12.5. The first-order valence-corrected chi connectivity index (χ1v) is 10.3. The molecule has 0 aliphatic carbocycles. The van der Waals surface area contributed by atoms with Gasteiger partial charge in [-0.05, 0) is 43.1 Å². The minimum atomic E-state index is -0.0107. The van der Waals surface area contributed by atoms with Gasteiger partial charge in [0.05, 0.1) is 7.11 Å². The number of methoxy groups -OCH3 is 1. The summed E-state index contributed by atoms with van der Waals surface area (Å²) in [5.41, 5.74) is 1.12. The predicted molar refractivity (Wildman–Crippen MR) is 115 cm³/mol. The summed E-state index contributed by atoms with van der Waals surface area (Å²) in [7, 11) is 3.72. The zero-order chi connectivity index (χ0) is 20.8. The first kappa shape index (κ1) is 21.1. The molecule has 0 aromatic heterocycles. The Labute approximate surface area is 172 Å². The van der Waals surface area contributed by atoms with Crippen LogP contribution in [-0.4, -0.2) is 56.0 Å². The van der Waals surface area contributed by atoms with Gasteiger partial charge in [0.25, 0.3) is 0 Å². The van der Waals surface area contributed by atoms with E-state index in [1.165, 1.54) is 12.3 Å². The van der Waals surface area contributed by atoms with Crippen LogP contribution in [0.25, 0.3) is 10.8 Å². The van der Waals surface area contributed by atoms with Gasteiger partial charge in [-0.2, -0.15) is 0 Å². The van der Waals surface area contributed by atoms with Crippen LogP contribution in [0.3, 0.4) is 0 Å². The van der Waals surface area contributed by atoms with Crippen molar-refractivity contribution in [3.8, 4) is 5.75 Å². The van der Waals surface area contributed by atoms with Crippen LogP contribution in [-0.2, 0) is 16.0 Å². The van der Waals surface area contributed by atoms with Crippen molar-refractivity contribution in [3.63, 3.8) is 0 Å². The maximum Gasteiger partial charge on any atom is 0.221 e. The molecule has 2 aromatic rings. The highest BCUT2D eigenvalue weighted by Crippen LogP contribution is 2.28. The number of hydrogen-bond acceptors (Lipinski definition) is 4. The summed E-state index contributed by atoms with van der Waals surface area (Å²) >= 11 is 0. The molecule has 6 heteroatoms. The molecule has 1 heterocycles. The number of nitrogens with zero attached hydrogens (tertiary/aromatic N) is 1. The van der Waals surface area contributed by atoms with Gasteiger partial charge in [0.1, 0.15) is 5.75 Å². The summed E-state index contributed by atoms with van der Waals surface area (Å²) in [6.07, 6.45) is 3.19. The average Bonchev–Trinajstić information content (AvgIpc) is 3.05. The van der Waals surface area contributed by atoms with E-state index in [0.29, 0.717) is 25.6 Å². The van der Waals surface area contributed by atoms with Gasteiger partial charge >= 0.3 is 0 Å². The van der Waals surface area contributed by atoms with Crippen LogP contribution in [0.2, 0.25) is 0 Å². The van der Waals surface area contributed by atoms with Gasteiger partial charge in [0, 0.05) is 44.1 Å². The van der Waals surface area contributed by atoms with E-state index in [4.69, 9.17) is 4.74 Å². The van der Waals surface area contributed by atoms with E-state index in [9.17, 15) is 9.59 Å². The van der Waals surface area contributed by atoms with Crippen molar-refractivity contribution >= 4 is 22.6 Å². The number of nitrogens with one attached hydrogen (secondary N) is 2. The lowest BCUT2D eigenvalue weighted by Gasteiger charge is -2.25. The van der Waals surface area contributed by atoms with E-state index in [1.54, 1.807) is 7.11 Å². The molecular weight excluding hydrogens is 366 g/mol. The van der Waals surface area contributed by atoms with Crippen LogP contribution < -0.4 is 15.4 Å². The first-order chi connectivity index (χ1) is 14.0. The topological polar surface area (TPSA) is 70.7 Å². The van der Waals surface area contributed by atoms with Crippen LogP contribution in [0, 0.1) is 0 Å². The second-order valence-electron chi connectivity index (χ2n) is 7.76. The molecule has 1 aliphatic rings. The zero-order valence-electron chi connectivity index (χ0n) is 17.5. The number of amides is 2. The van der Waals surface area contributed by atoms with Crippen molar-refractivity contribution in [2.75, 3.05) is 27.2 Å². The third-order valence-corrected chi connectivity index (χ3v) is 5.91. The lowest BCUT2D eigenvalue weighted by atomic mass is 10.0. The average molecular weight is 398 g/mol. The van der Waals surface area contributed by atoms with E-state index >= 15 is 0 Å². The van der Waals surface area contributed by atoms with Crippen LogP contribution in [0.1, 0.15) is 31.7 Å². The maximum atomic E-state index is 12.5. The van der Waals surface area contributed by atoms with Gasteiger partial charge in [0.2, 0.25) is 11.8 Å². The zero-order valence-corrected chi connectivity index (χ0v) is 17.5. The molecule has 1 saturated heterocycles. The van der Waals surface area contributed by atoms with Gasteiger partial charge in [-0.1, -0.05) is 30.3 Å². The largest absolute Gasteiger partial charge is 0.496 e. The Kier molecular flexibility index (Phi) is 7.09. The second-order valence-corrected chi connectivity index (χ2v) is 7.76. The van der Waals surface area contributed by atoms with Crippen molar-refractivity contribution in [3.05, 3.63) is 42.0 Å². The molecule has 3 rings (SSSR count). The number of carbonyl (C=O) groups excluding carboxylic acids is 2. The third kappa shape index (κ3) is 5.26. The van der Waals surface area contributed by atoms with E-state index in [2.05, 4.69) is 33.7 Å². The summed E-state index contributed by atoms with van der Waals surface area (Å²) < 4.78 is 5.53. The first-order valence-electron chi connectivity index (χ1n) is 10.3. The predicted octanol–water partition coefficient (Wildman–Crippen LogP) is 2.50. The molecule has 0 radical (unpaired) electrons. The molecule has 0 spiro atoms. The Morgan fingerprint density at radius 2 is 1.86 bits per heavy atom. The monoisotopic (exact) mass is 397 g/mol. The quantitative estimate of drug-likeness (QED) is 0.718. The van der Waals surface area contributed by atoms with Crippen LogP contribution in [0.5, 0.6) is 5.75 Å². The molecule has 2 aromatic carbocycles. The summed E-state index contributed by atoms with van der Waals surface area (Å²) in [4.78, 5) is 25.8. The number of likely N-dealkylation sites (N-methyl/N-ethyl adjacent to an activating group) is 1. The lowest BCUT2D eigenvalue weighted by molar-refractivity contribution is -0.122. The SMILES string of the molecule is COc1ccc2ccccc2c1CCNC(=O)C[C@@H]1CC[C@H](CNC(C)=O)N1C. The molecule has 2 atom stereocenters. The fourth-order valence-corrected chi connectivity index (χ4v) is 4.22. The van der Waals surface area contributed by atoms with Gasteiger partial charge in [-0.15, -0.1) is 0 Å². The Bertz CT molecular complexity index is 868. The molecule has 0 saturated carbocycles. The van der Waals surface area contributed by atoms with Crippen LogP contribution in [0.4, 0.5) is 0 Å². The van der Waals surface area contributed by atoms with Crippen molar-refractivity contribution in [1.29, 1.82) is 0 Å². The van der Waals surface area contributed by atoms with E-state index < -0.39 is 0 Å². The molecule has 156 valence electrons. The van der Waals surface area contributed by atoms with E-state index in [0.717, 1.165) is 36.0 Å². The van der Waals surface area contributed by atoms with Gasteiger partial charge in [-0.25, -0.2) is 0 Å². The number of rotatable bonds is 8. The molecule has 29 heavy (non-hydrogen) atoms. The molecular formula is C23H31N3O3. The second kappa shape index (κ2) is 9.74. The smallest absolute Gasteiger partial charge is 0.221 e. The number of hydrogen-bond donors (Lipinski definition) is 2. The highest BCUT2D eigenvalue weighted by molar-refractivity contribution is 5.88. The Hall–Kier alpha value is -2.60. The molecule has 0 bridgehead atoms. The number of benzene rings is 2. The van der Waals surface area contributed by atoms with Crippen molar-refractivity contribution in [1.82, 2.24) is 15.5 Å². The van der Waals surface area contributed by atoms with E-state index in [1.807, 2.05) is 25.2 Å². The number of fused-ring (bicyclic) bond motifs is 1. The fourth-order valence-electron chi connectivity index (χ4n) is 4.22. The lowest BCUT2D eigenvalue weighted by Crippen LogP contribution is -2.42. The van der Waals surface area contributed by atoms with Crippen molar-refractivity contribution in [2.24, 2.45) is 0 Å². The molecule has 0 unspecified atom stereocenters. The van der Waals surface area contributed by atoms with Crippen LogP contribution in [0.15, 0.2) is 36.4 Å². The van der Waals surface area contributed by atoms with E-state index in [-0.39, 0.29) is 17.9 Å². The van der Waals surface area contributed by atoms with Gasteiger partial charge in [0.15, 0.2) is 0 Å². The summed E-state index contributed by atoms with van der Waals surface area (Å²) in [5, 5.41) is 8.28. The molecule has 2 amide bonds. The highest BCUT2D eigenvalue weighted by Gasteiger charge is 2.31. The van der Waals surface area contributed by atoms with Gasteiger partial charge < -0.3 is 15.4 Å². The Balaban J connectivity index is 1.52. The number of ether oxygens (including phenoxy) is 1. The fraction of sp³-hybridized carbons (Fsp3) is 0.478. The minimum absolute atomic E-state index is 0.0107. The molecule has 2 N–H and O–H groups in total. The summed E-state index contributed by atoms with van der Waals surface area (Å²) in [6, 6.07) is 12.8. The van der Waals surface area contributed by atoms with Crippen LogP contribution >= 0.6 is 0 Å². The molecule has 1 aliphatic heterocycles. The Morgan fingerprint density at radius 3 is 2.62 bits per heavy atom. The van der Waals surface area contributed by atoms with Gasteiger partial charge in [-0.3, -0.25) is 14.5 Å². The summed E-state index contributed by atoms with van der Waals surface area (Å²) in [5.74, 6) is 0.916.